The number of likely N-dealkylation sites (tertiary alicyclic amines) is 1. The standard InChI is InChI=1S/C14H28N2O2/c1-6-11-9-16(8-7-12(11)10(2)15)13(17)18-14(3,4)5/h10-12H,6-9,15H2,1-5H3/t10-,11+,12+/m0/s1. The Morgan fingerprint density at radius 1 is 1.50 bits per heavy atom. The maximum Gasteiger partial charge on any atom is 0.410 e. The number of hydrogen-bond donors (Lipinski definition) is 1. The highest BCUT2D eigenvalue weighted by Gasteiger charge is 2.33. The van der Waals surface area contributed by atoms with Gasteiger partial charge in [0.2, 0.25) is 0 Å². The zero-order chi connectivity index (χ0) is 13.9. The molecule has 1 aliphatic rings. The van der Waals surface area contributed by atoms with Crippen LogP contribution >= 0.6 is 0 Å². The van der Waals surface area contributed by atoms with Gasteiger partial charge in [0, 0.05) is 19.1 Å². The number of nitrogens with two attached hydrogens (primary N) is 1. The van der Waals surface area contributed by atoms with E-state index in [1.54, 1.807) is 0 Å². The summed E-state index contributed by atoms with van der Waals surface area (Å²) in [6.45, 7) is 11.5. The lowest BCUT2D eigenvalue weighted by Crippen LogP contribution is -2.49. The van der Waals surface area contributed by atoms with E-state index in [0.717, 1.165) is 25.9 Å². The Morgan fingerprint density at radius 2 is 2.11 bits per heavy atom. The van der Waals surface area contributed by atoms with Gasteiger partial charge in [0.25, 0.3) is 0 Å². The number of rotatable bonds is 2. The molecule has 4 heteroatoms. The van der Waals surface area contributed by atoms with Gasteiger partial charge in [-0.25, -0.2) is 4.79 Å². The second-order valence-corrected chi connectivity index (χ2v) is 6.41. The van der Waals surface area contributed by atoms with E-state index in [1.807, 2.05) is 25.7 Å². The molecule has 0 unspecified atom stereocenters. The monoisotopic (exact) mass is 256 g/mol. The topological polar surface area (TPSA) is 55.6 Å². The summed E-state index contributed by atoms with van der Waals surface area (Å²) in [6.07, 6.45) is 1.85. The number of carbonyl (C=O) groups is 1. The summed E-state index contributed by atoms with van der Waals surface area (Å²) in [5, 5.41) is 0. The highest BCUT2D eigenvalue weighted by molar-refractivity contribution is 5.68. The molecule has 0 radical (unpaired) electrons. The van der Waals surface area contributed by atoms with Crippen LogP contribution in [0.3, 0.4) is 0 Å². The lowest BCUT2D eigenvalue weighted by Gasteiger charge is -2.40. The Bertz CT molecular complexity index is 284. The summed E-state index contributed by atoms with van der Waals surface area (Å²) in [5.41, 5.74) is 5.60. The lowest BCUT2D eigenvalue weighted by atomic mass is 9.80. The van der Waals surface area contributed by atoms with Crippen molar-refractivity contribution in [3.63, 3.8) is 0 Å². The minimum atomic E-state index is -0.420. The van der Waals surface area contributed by atoms with Crippen LogP contribution in [-0.2, 0) is 4.74 Å². The van der Waals surface area contributed by atoms with Crippen molar-refractivity contribution in [2.45, 2.75) is 59.1 Å². The van der Waals surface area contributed by atoms with Gasteiger partial charge in [0.05, 0.1) is 0 Å². The van der Waals surface area contributed by atoms with Crippen molar-refractivity contribution in [2.24, 2.45) is 17.6 Å². The average Bonchev–Trinajstić information content (AvgIpc) is 2.25. The van der Waals surface area contributed by atoms with Crippen LogP contribution < -0.4 is 5.73 Å². The summed E-state index contributed by atoms with van der Waals surface area (Å²) < 4.78 is 5.42. The molecule has 18 heavy (non-hydrogen) atoms. The fourth-order valence-electron chi connectivity index (χ4n) is 2.67. The molecule has 1 saturated heterocycles. The van der Waals surface area contributed by atoms with Crippen molar-refractivity contribution in [3.8, 4) is 0 Å². The van der Waals surface area contributed by atoms with E-state index in [0.29, 0.717) is 11.8 Å². The first-order valence-corrected chi connectivity index (χ1v) is 6.98. The van der Waals surface area contributed by atoms with E-state index in [1.165, 1.54) is 0 Å². The molecular weight excluding hydrogens is 228 g/mol. The number of hydrogen-bond acceptors (Lipinski definition) is 3. The van der Waals surface area contributed by atoms with Gasteiger partial charge in [-0.05, 0) is 46.0 Å². The van der Waals surface area contributed by atoms with Crippen LogP contribution in [0.4, 0.5) is 4.79 Å². The van der Waals surface area contributed by atoms with Gasteiger partial charge in [-0.2, -0.15) is 0 Å². The first-order chi connectivity index (χ1) is 8.24. The molecule has 0 aromatic heterocycles. The third-order valence-corrected chi connectivity index (χ3v) is 3.64. The minimum absolute atomic E-state index is 0.191. The second kappa shape index (κ2) is 5.91. The summed E-state index contributed by atoms with van der Waals surface area (Å²) >= 11 is 0. The van der Waals surface area contributed by atoms with Crippen LogP contribution in [0.25, 0.3) is 0 Å². The minimum Gasteiger partial charge on any atom is -0.444 e. The van der Waals surface area contributed by atoms with E-state index in [9.17, 15) is 4.79 Å². The lowest BCUT2D eigenvalue weighted by molar-refractivity contribution is 0.00824. The van der Waals surface area contributed by atoms with Crippen molar-refractivity contribution in [2.75, 3.05) is 13.1 Å². The maximum absolute atomic E-state index is 12.0. The van der Waals surface area contributed by atoms with E-state index in [2.05, 4.69) is 13.8 Å². The van der Waals surface area contributed by atoms with Crippen molar-refractivity contribution in [3.05, 3.63) is 0 Å². The van der Waals surface area contributed by atoms with Crippen LogP contribution in [-0.4, -0.2) is 35.7 Å². The van der Waals surface area contributed by atoms with Crippen LogP contribution in [0.2, 0.25) is 0 Å². The highest BCUT2D eigenvalue weighted by Crippen LogP contribution is 2.29. The molecule has 1 fully saturated rings. The molecule has 1 amide bonds. The Hall–Kier alpha value is -0.770. The van der Waals surface area contributed by atoms with Gasteiger partial charge in [-0.3, -0.25) is 0 Å². The predicted molar refractivity (Wildman–Crippen MR) is 73.3 cm³/mol. The number of ether oxygens (including phenoxy) is 1. The number of nitrogens with zero attached hydrogens (tertiary/aromatic N) is 1. The maximum atomic E-state index is 12.0. The third-order valence-electron chi connectivity index (χ3n) is 3.64. The molecule has 0 bridgehead atoms. The summed E-state index contributed by atoms with van der Waals surface area (Å²) in [7, 11) is 0. The fraction of sp³-hybridized carbons (Fsp3) is 0.929. The molecule has 0 spiro atoms. The van der Waals surface area contributed by atoms with Crippen LogP contribution in [0.15, 0.2) is 0 Å². The molecule has 1 rings (SSSR count). The smallest absolute Gasteiger partial charge is 0.410 e. The Balaban J connectivity index is 2.60. The average molecular weight is 256 g/mol. The van der Waals surface area contributed by atoms with Gasteiger partial charge >= 0.3 is 6.09 Å². The van der Waals surface area contributed by atoms with E-state index in [-0.39, 0.29) is 12.1 Å². The highest BCUT2D eigenvalue weighted by atomic mass is 16.6. The van der Waals surface area contributed by atoms with Crippen LogP contribution in [0.1, 0.15) is 47.5 Å². The SMILES string of the molecule is CC[C@@H]1CN(C(=O)OC(C)(C)C)CC[C@@H]1[C@H](C)N. The van der Waals surface area contributed by atoms with E-state index in [4.69, 9.17) is 10.5 Å². The summed E-state index contributed by atoms with van der Waals surface area (Å²) in [6, 6.07) is 0.204. The Morgan fingerprint density at radius 3 is 2.56 bits per heavy atom. The Kier molecular flexibility index (Phi) is 5.02. The summed E-state index contributed by atoms with van der Waals surface area (Å²) in [4.78, 5) is 13.9. The molecule has 4 nitrogen and oxygen atoms in total. The van der Waals surface area contributed by atoms with Crippen LogP contribution in [0, 0.1) is 11.8 Å². The fourth-order valence-corrected chi connectivity index (χ4v) is 2.67. The van der Waals surface area contributed by atoms with Gasteiger partial charge in [-0.1, -0.05) is 13.3 Å². The largest absolute Gasteiger partial charge is 0.444 e. The molecule has 0 aromatic rings. The van der Waals surface area contributed by atoms with Crippen LogP contribution in [0.5, 0.6) is 0 Å². The molecule has 1 heterocycles. The predicted octanol–water partition coefficient (Wildman–Crippen LogP) is 2.62. The van der Waals surface area contributed by atoms with Gasteiger partial charge in [0.15, 0.2) is 0 Å². The van der Waals surface area contributed by atoms with Crippen molar-refractivity contribution in [1.82, 2.24) is 4.90 Å². The van der Waals surface area contributed by atoms with Gasteiger partial charge in [0.1, 0.15) is 5.60 Å². The molecule has 1 aliphatic heterocycles. The molecular formula is C14H28N2O2. The zero-order valence-corrected chi connectivity index (χ0v) is 12.4. The normalized spacial score (nSPS) is 26.9. The van der Waals surface area contributed by atoms with E-state index >= 15 is 0 Å². The third kappa shape index (κ3) is 4.16. The van der Waals surface area contributed by atoms with Gasteiger partial charge in [-0.15, -0.1) is 0 Å². The second-order valence-electron chi connectivity index (χ2n) is 6.41. The number of piperidine rings is 1. The number of carbonyl (C=O) groups excluding carboxylic acids is 1. The molecule has 2 N–H and O–H groups in total. The van der Waals surface area contributed by atoms with Gasteiger partial charge < -0.3 is 15.4 Å². The Labute approximate surface area is 111 Å². The molecule has 0 saturated carbocycles. The molecule has 0 aliphatic carbocycles. The zero-order valence-electron chi connectivity index (χ0n) is 12.4. The quantitative estimate of drug-likeness (QED) is 0.826. The van der Waals surface area contributed by atoms with E-state index < -0.39 is 5.60 Å². The molecule has 106 valence electrons. The first kappa shape index (κ1) is 15.3. The number of amides is 1. The van der Waals surface area contributed by atoms with Crippen molar-refractivity contribution >= 4 is 6.09 Å². The van der Waals surface area contributed by atoms with Crippen molar-refractivity contribution in [1.29, 1.82) is 0 Å². The first-order valence-electron chi connectivity index (χ1n) is 6.98. The molecule has 0 aromatic carbocycles. The van der Waals surface area contributed by atoms with Crippen molar-refractivity contribution < 1.29 is 9.53 Å². The molecule has 3 atom stereocenters. The summed E-state index contributed by atoms with van der Waals surface area (Å²) in [5.74, 6) is 1.01.